The van der Waals surface area contributed by atoms with E-state index in [0.29, 0.717) is 5.69 Å². The molecule has 0 bridgehead atoms. The number of hydrogen-bond donors (Lipinski definition) is 3. The Labute approximate surface area is 188 Å². The van der Waals surface area contributed by atoms with E-state index in [2.05, 4.69) is 29.1 Å². The number of carbonyl (C=O) groups is 2. The number of unbranched alkanes of at least 4 members (excludes halogenated alkanes) is 10. The number of H-pyrrole nitrogens is 1. The van der Waals surface area contributed by atoms with Crippen LogP contribution in [0.15, 0.2) is 12.5 Å². The number of carbonyl (C=O) groups excluding carboxylic acids is 1. The van der Waals surface area contributed by atoms with Crippen LogP contribution in [0.1, 0.15) is 96.6 Å². The summed E-state index contributed by atoms with van der Waals surface area (Å²) >= 11 is 0. The number of imidazole rings is 1. The second-order valence-electron chi connectivity index (χ2n) is 8.45. The van der Waals surface area contributed by atoms with Crippen molar-refractivity contribution < 1.29 is 14.7 Å². The molecule has 0 saturated carbocycles. The Morgan fingerprint density at radius 2 is 1.52 bits per heavy atom. The van der Waals surface area contributed by atoms with Gasteiger partial charge in [0.15, 0.2) is 0 Å². The van der Waals surface area contributed by atoms with E-state index in [0.717, 1.165) is 38.8 Å². The first-order chi connectivity index (χ1) is 15.1. The van der Waals surface area contributed by atoms with Crippen LogP contribution in [0.25, 0.3) is 0 Å². The molecule has 0 aliphatic heterocycles. The van der Waals surface area contributed by atoms with Crippen molar-refractivity contribution in [3.8, 4) is 0 Å². The monoisotopic (exact) mass is 436 g/mol. The van der Waals surface area contributed by atoms with Gasteiger partial charge in [0.25, 0.3) is 0 Å². The summed E-state index contributed by atoms with van der Waals surface area (Å²) in [5.41, 5.74) is 0.670. The van der Waals surface area contributed by atoms with Crippen LogP contribution in [0.5, 0.6) is 0 Å². The maximum absolute atomic E-state index is 12.9. The van der Waals surface area contributed by atoms with Crippen molar-refractivity contribution in [1.82, 2.24) is 20.2 Å². The van der Waals surface area contributed by atoms with E-state index in [1.807, 2.05) is 4.90 Å². The lowest BCUT2D eigenvalue weighted by Crippen LogP contribution is -2.46. The summed E-state index contributed by atoms with van der Waals surface area (Å²) in [6.07, 6.45) is 17.8. The number of aromatic nitrogens is 2. The number of rotatable bonds is 20. The van der Waals surface area contributed by atoms with E-state index in [9.17, 15) is 14.7 Å². The number of amides is 1. The molecule has 3 N–H and O–H groups in total. The molecule has 0 saturated heterocycles. The molecule has 0 radical (unpaired) electrons. The minimum Gasteiger partial charge on any atom is -0.480 e. The fourth-order valence-corrected chi connectivity index (χ4v) is 3.71. The second kappa shape index (κ2) is 17.8. The number of nitrogens with zero attached hydrogens (tertiary/aromatic N) is 2. The van der Waals surface area contributed by atoms with Gasteiger partial charge in [-0.2, -0.15) is 0 Å². The lowest BCUT2D eigenvalue weighted by atomic mass is 10.1. The summed E-state index contributed by atoms with van der Waals surface area (Å²) in [6, 6.07) is -0.822. The van der Waals surface area contributed by atoms with Gasteiger partial charge in [0.2, 0.25) is 5.91 Å². The zero-order chi connectivity index (χ0) is 22.7. The van der Waals surface area contributed by atoms with Gasteiger partial charge in [-0.3, -0.25) is 14.9 Å². The van der Waals surface area contributed by atoms with E-state index in [1.165, 1.54) is 57.7 Å². The maximum atomic E-state index is 12.9. The summed E-state index contributed by atoms with van der Waals surface area (Å²) in [6.45, 7) is 6.00. The molecule has 0 aliphatic carbocycles. The third-order valence-corrected chi connectivity index (χ3v) is 5.68. The molecule has 178 valence electrons. The Kier molecular flexibility index (Phi) is 15.5. The van der Waals surface area contributed by atoms with Crippen LogP contribution in [0.2, 0.25) is 0 Å². The zero-order valence-electron chi connectivity index (χ0n) is 19.7. The number of carboxylic acids is 1. The van der Waals surface area contributed by atoms with Crippen LogP contribution >= 0.6 is 0 Å². The molecule has 0 aromatic carbocycles. The average Bonchev–Trinajstić information content (AvgIpc) is 3.27. The second-order valence-corrected chi connectivity index (χ2v) is 8.45. The molecular formula is C24H44N4O3. The first-order valence-corrected chi connectivity index (χ1v) is 12.3. The highest BCUT2D eigenvalue weighted by Gasteiger charge is 2.21. The van der Waals surface area contributed by atoms with Crippen LogP contribution in [0.4, 0.5) is 0 Å². The summed E-state index contributed by atoms with van der Waals surface area (Å²) in [5, 5.41) is 12.4. The Morgan fingerprint density at radius 3 is 2.00 bits per heavy atom. The molecule has 0 spiro atoms. The van der Waals surface area contributed by atoms with E-state index in [4.69, 9.17) is 0 Å². The van der Waals surface area contributed by atoms with E-state index in [1.54, 1.807) is 6.20 Å². The van der Waals surface area contributed by atoms with E-state index in [-0.39, 0.29) is 18.9 Å². The topological polar surface area (TPSA) is 98.3 Å². The van der Waals surface area contributed by atoms with Crippen LogP contribution in [-0.2, 0) is 16.0 Å². The summed E-state index contributed by atoms with van der Waals surface area (Å²) in [5.74, 6) is -0.968. The summed E-state index contributed by atoms with van der Waals surface area (Å²) < 4.78 is 0. The molecule has 1 rings (SSSR count). The summed E-state index contributed by atoms with van der Waals surface area (Å²) in [4.78, 5) is 33.3. The Morgan fingerprint density at radius 1 is 0.968 bits per heavy atom. The van der Waals surface area contributed by atoms with E-state index < -0.39 is 12.0 Å². The molecule has 0 fully saturated rings. The quantitative estimate of drug-likeness (QED) is 0.261. The van der Waals surface area contributed by atoms with Gasteiger partial charge in [0, 0.05) is 25.7 Å². The first-order valence-electron chi connectivity index (χ1n) is 12.3. The van der Waals surface area contributed by atoms with E-state index >= 15 is 0 Å². The highest BCUT2D eigenvalue weighted by atomic mass is 16.4. The average molecular weight is 437 g/mol. The molecule has 0 unspecified atom stereocenters. The van der Waals surface area contributed by atoms with Crippen LogP contribution in [0, 0.1) is 0 Å². The molecular weight excluding hydrogens is 392 g/mol. The zero-order valence-corrected chi connectivity index (χ0v) is 19.7. The van der Waals surface area contributed by atoms with Gasteiger partial charge in [0.1, 0.15) is 6.04 Å². The van der Waals surface area contributed by atoms with Crippen molar-refractivity contribution in [2.75, 3.05) is 19.6 Å². The summed E-state index contributed by atoms with van der Waals surface area (Å²) in [7, 11) is 0. The normalized spacial score (nSPS) is 12.1. The van der Waals surface area contributed by atoms with Gasteiger partial charge < -0.3 is 15.0 Å². The highest BCUT2D eigenvalue weighted by molar-refractivity contribution is 5.80. The molecule has 1 aromatic heterocycles. The van der Waals surface area contributed by atoms with Gasteiger partial charge in [-0.1, -0.05) is 78.1 Å². The fraction of sp³-hybridized carbons (Fsp3) is 0.792. The van der Waals surface area contributed by atoms with Gasteiger partial charge in [-0.05, 0) is 12.8 Å². The van der Waals surface area contributed by atoms with Crippen molar-refractivity contribution >= 4 is 11.9 Å². The van der Waals surface area contributed by atoms with Gasteiger partial charge in [-0.25, -0.2) is 4.98 Å². The van der Waals surface area contributed by atoms with Crippen molar-refractivity contribution in [3.63, 3.8) is 0 Å². The third kappa shape index (κ3) is 13.2. The first kappa shape index (κ1) is 27.1. The molecule has 1 amide bonds. The minimum atomic E-state index is -0.964. The molecule has 31 heavy (non-hydrogen) atoms. The van der Waals surface area contributed by atoms with Crippen molar-refractivity contribution in [1.29, 1.82) is 0 Å². The molecule has 7 heteroatoms. The number of carboxylic acid groups (broad SMARTS) is 1. The van der Waals surface area contributed by atoms with Crippen LogP contribution < -0.4 is 5.32 Å². The number of hydrogen-bond acceptors (Lipinski definition) is 4. The number of nitrogens with one attached hydrogen (secondary N) is 2. The molecule has 1 heterocycles. The van der Waals surface area contributed by atoms with Crippen molar-refractivity contribution in [2.24, 2.45) is 0 Å². The largest absolute Gasteiger partial charge is 0.480 e. The smallest absolute Gasteiger partial charge is 0.321 e. The van der Waals surface area contributed by atoms with Crippen LogP contribution in [0.3, 0.4) is 0 Å². The fourth-order valence-electron chi connectivity index (χ4n) is 3.71. The van der Waals surface area contributed by atoms with Gasteiger partial charge >= 0.3 is 5.97 Å². The Hall–Kier alpha value is -1.89. The van der Waals surface area contributed by atoms with Gasteiger partial charge in [0.05, 0.1) is 18.6 Å². The van der Waals surface area contributed by atoms with Crippen LogP contribution in [-0.4, -0.2) is 57.5 Å². The molecule has 0 aliphatic rings. The number of aromatic amines is 1. The SMILES string of the molecule is CCCCCCCCN(CCCCCCCC)C(=O)CN[C@@H](Cc1c[nH]cn1)C(=O)O. The molecule has 7 nitrogen and oxygen atoms in total. The lowest BCUT2D eigenvalue weighted by Gasteiger charge is -2.24. The lowest BCUT2D eigenvalue weighted by molar-refractivity contribution is -0.139. The predicted octanol–water partition coefficient (Wildman–Crippen LogP) is 4.54. The molecule has 1 atom stereocenters. The Bertz CT molecular complexity index is 561. The van der Waals surface area contributed by atoms with Gasteiger partial charge in [-0.15, -0.1) is 0 Å². The maximum Gasteiger partial charge on any atom is 0.321 e. The highest BCUT2D eigenvalue weighted by Crippen LogP contribution is 2.09. The minimum absolute atomic E-state index is 0.00426. The standard InChI is InChI=1S/C24H44N4O3/c1-3-5-7-9-11-13-15-28(16-14-12-10-8-6-4-2)23(29)19-26-22(24(30)31)17-21-18-25-20-27-21/h18,20,22,26H,3-17,19H2,1-2H3,(H,25,27)(H,30,31)/t22-/m0/s1. The van der Waals surface area contributed by atoms with Crippen molar-refractivity contribution in [2.45, 2.75) is 103 Å². The molecule has 1 aromatic rings. The number of aliphatic carboxylic acids is 1. The van der Waals surface area contributed by atoms with Crippen molar-refractivity contribution in [3.05, 3.63) is 18.2 Å². The Balaban J connectivity index is 2.47. The third-order valence-electron chi connectivity index (χ3n) is 5.68. The predicted molar refractivity (Wildman–Crippen MR) is 125 cm³/mol.